The maximum absolute atomic E-state index is 14.8. The van der Waals surface area contributed by atoms with Gasteiger partial charge in [0.05, 0.1) is 35.8 Å². The van der Waals surface area contributed by atoms with Crippen LogP contribution in [-0.4, -0.2) is 30.6 Å². The Balaban J connectivity index is 1.41. The number of anilines is 3. The van der Waals surface area contributed by atoms with Crippen molar-refractivity contribution in [1.29, 1.82) is 0 Å². The van der Waals surface area contributed by atoms with Crippen LogP contribution in [0.2, 0.25) is 0 Å². The molecule has 12 heteroatoms. The highest BCUT2D eigenvalue weighted by atomic mass is 19.4. The summed E-state index contributed by atoms with van der Waals surface area (Å²) < 4.78 is 55.7. The number of amides is 1. The molecule has 0 radical (unpaired) electrons. The fraction of sp³-hybridized carbons (Fsp3) is 0.208. The number of aromatic nitrogens is 5. The van der Waals surface area contributed by atoms with Crippen LogP contribution < -0.4 is 10.6 Å². The first-order chi connectivity index (χ1) is 17.1. The quantitative estimate of drug-likeness (QED) is 0.342. The van der Waals surface area contributed by atoms with E-state index in [-0.39, 0.29) is 23.4 Å². The molecule has 8 nitrogen and oxygen atoms in total. The first kappa shape index (κ1) is 24.8. The maximum atomic E-state index is 14.8. The Morgan fingerprint density at radius 3 is 2.42 bits per heavy atom. The van der Waals surface area contributed by atoms with Crippen LogP contribution in [0.4, 0.5) is 34.9 Å². The van der Waals surface area contributed by atoms with Crippen LogP contribution in [0, 0.1) is 12.7 Å². The molecule has 0 atom stereocenters. The summed E-state index contributed by atoms with van der Waals surface area (Å²) >= 11 is 0. The van der Waals surface area contributed by atoms with Crippen molar-refractivity contribution in [3.05, 3.63) is 77.9 Å². The molecule has 0 unspecified atom stereocenters. The van der Waals surface area contributed by atoms with E-state index in [1.165, 1.54) is 31.5 Å². The second kappa shape index (κ2) is 10.1. The van der Waals surface area contributed by atoms with Gasteiger partial charge >= 0.3 is 6.18 Å². The average Bonchev–Trinajstić information content (AvgIpc) is 3.28. The van der Waals surface area contributed by atoms with E-state index in [9.17, 15) is 22.4 Å². The topological polar surface area (TPSA) is 97.6 Å². The summed E-state index contributed by atoms with van der Waals surface area (Å²) in [6, 6.07) is 5.05. The molecule has 0 aliphatic rings. The van der Waals surface area contributed by atoms with E-state index >= 15 is 0 Å². The van der Waals surface area contributed by atoms with E-state index in [1.807, 2.05) is 6.92 Å². The third-order valence-electron chi connectivity index (χ3n) is 5.25. The zero-order chi connectivity index (χ0) is 25.9. The number of nitrogens with zero attached hydrogens (tertiary/aromatic N) is 5. The fourth-order valence-electron chi connectivity index (χ4n) is 3.44. The highest BCUT2D eigenvalue weighted by molar-refractivity contribution is 5.92. The maximum Gasteiger partial charge on any atom is 0.418 e. The molecular weight excluding hydrogens is 478 g/mol. The molecule has 0 bridgehead atoms. The van der Waals surface area contributed by atoms with E-state index in [2.05, 4.69) is 30.7 Å². The summed E-state index contributed by atoms with van der Waals surface area (Å²) in [6.45, 7) is 3.92. The first-order valence-corrected chi connectivity index (χ1v) is 10.9. The number of carbonyl (C=O) groups is 1. The van der Waals surface area contributed by atoms with E-state index in [0.29, 0.717) is 17.1 Å². The van der Waals surface area contributed by atoms with E-state index in [4.69, 9.17) is 0 Å². The summed E-state index contributed by atoms with van der Waals surface area (Å²) in [7, 11) is 0. The monoisotopic (exact) mass is 499 g/mol. The molecule has 4 rings (SSSR count). The predicted molar refractivity (Wildman–Crippen MR) is 125 cm³/mol. The molecule has 1 amide bonds. The van der Waals surface area contributed by atoms with Crippen molar-refractivity contribution in [2.75, 3.05) is 10.6 Å². The zero-order valence-electron chi connectivity index (χ0n) is 19.3. The van der Waals surface area contributed by atoms with Crippen molar-refractivity contribution in [2.45, 2.75) is 33.0 Å². The Morgan fingerprint density at radius 2 is 1.78 bits per heavy atom. The molecule has 4 aromatic rings. The number of hydrogen-bond donors (Lipinski definition) is 2. The van der Waals surface area contributed by atoms with Gasteiger partial charge in [0.2, 0.25) is 11.9 Å². The molecule has 3 aromatic heterocycles. The largest absolute Gasteiger partial charge is 0.418 e. The Hall–Kier alpha value is -4.35. The molecule has 186 valence electrons. The van der Waals surface area contributed by atoms with Gasteiger partial charge in [0.1, 0.15) is 5.82 Å². The smallest absolute Gasteiger partial charge is 0.324 e. The van der Waals surface area contributed by atoms with Crippen molar-refractivity contribution in [3.8, 4) is 11.1 Å². The van der Waals surface area contributed by atoms with Crippen molar-refractivity contribution >= 4 is 23.2 Å². The van der Waals surface area contributed by atoms with Crippen LogP contribution in [0.5, 0.6) is 0 Å². The number of nitrogens with one attached hydrogen (secondary N) is 2. The lowest BCUT2D eigenvalue weighted by molar-refractivity contribution is -0.138. The molecule has 0 aliphatic heterocycles. The molecule has 2 N–H and O–H groups in total. The third-order valence-corrected chi connectivity index (χ3v) is 5.25. The van der Waals surface area contributed by atoms with Gasteiger partial charge in [-0.05, 0) is 31.5 Å². The minimum atomic E-state index is -4.59. The molecule has 1 aromatic carbocycles. The molecule has 36 heavy (non-hydrogen) atoms. The number of carbonyl (C=O) groups excluding carboxylic acids is 1. The van der Waals surface area contributed by atoms with Gasteiger partial charge in [-0.3, -0.25) is 14.5 Å². The van der Waals surface area contributed by atoms with Crippen molar-refractivity contribution in [1.82, 2.24) is 24.7 Å². The van der Waals surface area contributed by atoms with E-state index in [1.54, 1.807) is 23.1 Å². The van der Waals surface area contributed by atoms with Gasteiger partial charge in [0, 0.05) is 42.0 Å². The Labute approximate surface area is 203 Å². The minimum absolute atomic E-state index is 0.0945. The second-order valence-electron chi connectivity index (χ2n) is 7.90. The second-order valence-corrected chi connectivity index (χ2v) is 7.90. The molecule has 0 fully saturated rings. The lowest BCUT2D eigenvalue weighted by Gasteiger charge is -2.12. The van der Waals surface area contributed by atoms with Crippen molar-refractivity contribution in [2.24, 2.45) is 0 Å². The first-order valence-electron chi connectivity index (χ1n) is 10.9. The normalized spacial score (nSPS) is 11.4. The Kier molecular flexibility index (Phi) is 6.95. The SMILES string of the molecule is CCn1cc(Nc2ncc(-c3ccc(CC(=O)Nc4cnc(C)c(C(F)(F)F)c4)cc3F)cn2)cn1. The number of aryl methyl sites for hydroxylation is 2. The molecule has 0 saturated carbocycles. The van der Waals surface area contributed by atoms with Gasteiger partial charge in [0.25, 0.3) is 0 Å². The van der Waals surface area contributed by atoms with Gasteiger partial charge in [-0.1, -0.05) is 12.1 Å². The summed E-state index contributed by atoms with van der Waals surface area (Å²) in [5, 5.41) is 9.53. The van der Waals surface area contributed by atoms with Crippen LogP contribution in [0.15, 0.2) is 55.2 Å². The molecule has 3 heterocycles. The van der Waals surface area contributed by atoms with E-state index < -0.39 is 23.5 Å². The molecule has 0 saturated heterocycles. The standard InChI is InChI=1S/C24H21F4N7O/c1-3-35-13-18(12-32-35)34-23-30-9-16(10-31-23)19-5-4-15(6-21(19)25)7-22(36)33-17-8-20(24(26,27)28)14(2)29-11-17/h4-6,8-13H,3,7H2,1-2H3,(H,33,36)(H,30,31,34). The lowest BCUT2D eigenvalue weighted by atomic mass is 10.0. The molecule has 0 spiro atoms. The number of pyridine rings is 1. The number of benzene rings is 1. The van der Waals surface area contributed by atoms with Gasteiger partial charge in [-0.25, -0.2) is 14.4 Å². The summed E-state index contributed by atoms with van der Waals surface area (Å²) in [6.07, 6.45) is 2.68. The number of hydrogen-bond acceptors (Lipinski definition) is 6. The predicted octanol–water partition coefficient (Wildman–Crippen LogP) is 5.15. The van der Waals surface area contributed by atoms with Crippen LogP contribution >= 0.6 is 0 Å². The summed E-state index contributed by atoms with van der Waals surface area (Å²) in [4.78, 5) is 24.4. The highest BCUT2D eigenvalue weighted by Gasteiger charge is 2.33. The van der Waals surface area contributed by atoms with Gasteiger partial charge < -0.3 is 10.6 Å². The lowest BCUT2D eigenvalue weighted by Crippen LogP contribution is -2.16. The number of rotatable bonds is 7. The highest BCUT2D eigenvalue weighted by Crippen LogP contribution is 2.32. The van der Waals surface area contributed by atoms with Crippen molar-refractivity contribution in [3.63, 3.8) is 0 Å². The van der Waals surface area contributed by atoms with Crippen LogP contribution in [0.1, 0.15) is 23.7 Å². The average molecular weight is 499 g/mol. The Bertz CT molecular complexity index is 1380. The van der Waals surface area contributed by atoms with Gasteiger partial charge in [-0.15, -0.1) is 0 Å². The third kappa shape index (κ3) is 5.82. The molecular formula is C24H21F4N7O. The van der Waals surface area contributed by atoms with Crippen LogP contribution in [0.25, 0.3) is 11.1 Å². The summed E-state index contributed by atoms with van der Waals surface area (Å²) in [5.74, 6) is -0.876. The zero-order valence-corrected chi connectivity index (χ0v) is 19.3. The van der Waals surface area contributed by atoms with E-state index in [0.717, 1.165) is 24.5 Å². The van der Waals surface area contributed by atoms with Crippen LogP contribution in [0.3, 0.4) is 0 Å². The molecule has 0 aliphatic carbocycles. The van der Waals surface area contributed by atoms with Gasteiger partial charge in [0.15, 0.2) is 0 Å². The number of alkyl halides is 3. The summed E-state index contributed by atoms with van der Waals surface area (Å²) in [5.41, 5.74) is 0.508. The fourth-order valence-corrected chi connectivity index (χ4v) is 3.44. The minimum Gasteiger partial charge on any atom is -0.324 e. The number of halogens is 4. The van der Waals surface area contributed by atoms with Gasteiger partial charge in [-0.2, -0.15) is 18.3 Å². The Morgan fingerprint density at radius 1 is 1.03 bits per heavy atom. The van der Waals surface area contributed by atoms with Crippen LogP contribution in [-0.2, 0) is 23.9 Å². The van der Waals surface area contributed by atoms with Crippen molar-refractivity contribution < 1.29 is 22.4 Å².